The lowest BCUT2D eigenvalue weighted by Gasteiger charge is -1.98. The Labute approximate surface area is 140 Å². The van der Waals surface area contributed by atoms with Crippen molar-refractivity contribution in [1.29, 1.82) is 5.26 Å². The van der Waals surface area contributed by atoms with Crippen molar-refractivity contribution in [1.82, 2.24) is 4.98 Å². The summed E-state index contributed by atoms with van der Waals surface area (Å²) in [4.78, 5) is 18.5. The van der Waals surface area contributed by atoms with E-state index in [0.29, 0.717) is 22.3 Å². The summed E-state index contributed by atoms with van der Waals surface area (Å²) in [6.45, 7) is 2.03. The zero-order chi connectivity index (χ0) is 16.6. The second-order valence-electron chi connectivity index (χ2n) is 5.07. The number of hydrogen-bond acceptors (Lipinski definition) is 6. The number of nitrogens with two attached hydrogens (primary N) is 1. The number of aryl methyl sites for hydroxylation is 2. The minimum Gasteiger partial charge on any atom is -0.478 e. The van der Waals surface area contributed by atoms with Crippen LogP contribution in [0.3, 0.4) is 0 Å². The molecular formula is C16H13N3O2S2. The van der Waals surface area contributed by atoms with Gasteiger partial charge in [0.2, 0.25) is 0 Å². The van der Waals surface area contributed by atoms with E-state index < -0.39 is 5.97 Å². The first-order valence-corrected chi connectivity index (χ1v) is 8.52. The summed E-state index contributed by atoms with van der Waals surface area (Å²) in [5, 5.41) is 18.7. The van der Waals surface area contributed by atoms with Crippen molar-refractivity contribution < 1.29 is 9.90 Å². The summed E-state index contributed by atoms with van der Waals surface area (Å²) in [6, 6.07) is 6.13. The van der Waals surface area contributed by atoms with Crippen molar-refractivity contribution in [2.24, 2.45) is 0 Å². The molecule has 3 N–H and O–H groups in total. The number of carbonyl (C=O) groups is 1. The van der Waals surface area contributed by atoms with Gasteiger partial charge in [-0.1, -0.05) is 0 Å². The van der Waals surface area contributed by atoms with Crippen LogP contribution in [0, 0.1) is 18.3 Å². The van der Waals surface area contributed by atoms with Gasteiger partial charge in [-0.3, -0.25) is 0 Å². The Kier molecular flexibility index (Phi) is 4.03. The van der Waals surface area contributed by atoms with E-state index in [4.69, 9.17) is 11.0 Å². The Morgan fingerprint density at radius 3 is 2.83 bits per heavy atom. The van der Waals surface area contributed by atoms with Crippen LogP contribution in [0.15, 0.2) is 18.3 Å². The van der Waals surface area contributed by atoms with Gasteiger partial charge in [0, 0.05) is 32.6 Å². The zero-order valence-corrected chi connectivity index (χ0v) is 13.9. The zero-order valence-electron chi connectivity index (χ0n) is 12.3. The summed E-state index contributed by atoms with van der Waals surface area (Å²) in [7, 11) is 0. The number of nitrogen functional groups attached to an aromatic ring is 1. The van der Waals surface area contributed by atoms with E-state index in [9.17, 15) is 9.90 Å². The third-order valence-electron chi connectivity index (χ3n) is 3.59. The molecule has 3 heterocycles. The average Bonchev–Trinajstić information content (AvgIpc) is 3.09. The van der Waals surface area contributed by atoms with Crippen LogP contribution in [0.4, 0.5) is 5.82 Å². The minimum absolute atomic E-state index is 0.170. The molecule has 5 nitrogen and oxygen atoms in total. The number of pyridine rings is 1. The van der Waals surface area contributed by atoms with E-state index in [2.05, 4.69) is 17.1 Å². The molecule has 23 heavy (non-hydrogen) atoms. The quantitative estimate of drug-likeness (QED) is 0.744. The lowest BCUT2D eigenvalue weighted by molar-refractivity contribution is 0.0699. The van der Waals surface area contributed by atoms with Gasteiger partial charge in [-0.05, 0) is 31.0 Å². The Hall–Kier alpha value is -2.43. The Balaban J connectivity index is 2.11. The first kappa shape index (κ1) is 15.5. The Bertz CT molecular complexity index is 950. The van der Waals surface area contributed by atoms with Gasteiger partial charge in [0.1, 0.15) is 5.82 Å². The maximum Gasteiger partial charge on any atom is 0.338 e. The Morgan fingerprint density at radius 2 is 2.13 bits per heavy atom. The number of carboxylic acids is 1. The van der Waals surface area contributed by atoms with Crippen LogP contribution < -0.4 is 5.73 Å². The summed E-state index contributed by atoms with van der Waals surface area (Å²) in [5.41, 5.74) is 7.22. The number of rotatable bonds is 4. The normalized spacial score (nSPS) is 10.8. The predicted octanol–water partition coefficient (Wildman–Crippen LogP) is 4.07. The van der Waals surface area contributed by atoms with Crippen molar-refractivity contribution >= 4 is 44.5 Å². The highest BCUT2D eigenvalue weighted by atomic mass is 32.1. The highest BCUT2D eigenvalue weighted by Crippen LogP contribution is 2.41. The summed E-state index contributed by atoms with van der Waals surface area (Å²) < 4.78 is 0.643. The number of aromatic carboxylic acids is 1. The van der Waals surface area contributed by atoms with Gasteiger partial charge < -0.3 is 10.8 Å². The number of aromatic nitrogens is 1. The molecule has 0 spiro atoms. The van der Waals surface area contributed by atoms with Crippen molar-refractivity contribution in [3.8, 4) is 15.8 Å². The Morgan fingerprint density at radius 1 is 1.39 bits per heavy atom. The smallest absolute Gasteiger partial charge is 0.338 e. The van der Waals surface area contributed by atoms with Crippen molar-refractivity contribution in [2.45, 2.75) is 19.8 Å². The first-order valence-electron chi connectivity index (χ1n) is 6.89. The molecule has 0 aliphatic carbocycles. The van der Waals surface area contributed by atoms with Crippen LogP contribution >= 0.6 is 22.7 Å². The fraction of sp³-hybridized carbons (Fsp3) is 0.188. The fourth-order valence-electron chi connectivity index (χ4n) is 2.40. The molecule has 0 bridgehead atoms. The molecule has 3 rings (SSSR count). The van der Waals surface area contributed by atoms with Crippen LogP contribution in [0.5, 0.6) is 0 Å². The molecule has 0 radical (unpaired) electrons. The predicted molar refractivity (Wildman–Crippen MR) is 93.0 cm³/mol. The van der Waals surface area contributed by atoms with Gasteiger partial charge in [0.05, 0.1) is 16.3 Å². The number of fused-ring (bicyclic) bond motifs is 1. The van der Waals surface area contributed by atoms with E-state index >= 15 is 0 Å². The van der Waals surface area contributed by atoms with Crippen molar-refractivity contribution in [3.05, 3.63) is 34.3 Å². The summed E-state index contributed by atoms with van der Waals surface area (Å²) >= 11 is 3.06. The SMILES string of the molecule is Cc1sc(-c2cc3c(N)ncc(C(=O)O)c3s2)cc1CCC#N. The molecule has 0 aromatic carbocycles. The van der Waals surface area contributed by atoms with Crippen LogP contribution in [-0.4, -0.2) is 16.1 Å². The van der Waals surface area contributed by atoms with Gasteiger partial charge in [0.15, 0.2) is 0 Å². The molecule has 116 valence electrons. The molecule has 0 aliphatic rings. The van der Waals surface area contributed by atoms with E-state index in [0.717, 1.165) is 21.7 Å². The maximum absolute atomic E-state index is 11.3. The van der Waals surface area contributed by atoms with Crippen molar-refractivity contribution in [2.75, 3.05) is 5.73 Å². The lowest BCUT2D eigenvalue weighted by atomic mass is 10.1. The molecule has 0 atom stereocenters. The highest BCUT2D eigenvalue weighted by molar-refractivity contribution is 7.26. The van der Waals surface area contributed by atoms with Crippen LogP contribution in [-0.2, 0) is 6.42 Å². The molecule has 3 aromatic rings. The molecular weight excluding hydrogens is 330 g/mol. The molecule has 0 saturated heterocycles. The number of nitriles is 1. The highest BCUT2D eigenvalue weighted by Gasteiger charge is 2.17. The molecule has 0 fully saturated rings. The molecule has 3 aromatic heterocycles. The van der Waals surface area contributed by atoms with Gasteiger partial charge in [0.25, 0.3) is 0 Å². The van der Waals surface area contributed by atoms with Crippen LogP contribution in [0.1, 0.15) is 27.2 Å². The number of thiophene rings is 2. The first-order chi connectivity index (χ1) is 11.0. The third kappa shape index (κ3) is 2.79. The molecule has 7 heteroatoms. The van der Waals surface area contributed by atoms with Gasteiger partial charge >= 0.3 is 5.97 Å². The maximum atomic E-state index is 11.3. The molecule has 0 amide bonds. The molecule has 0 unspecified atom stereocenters. The van der Waals surface area contributed by atoms with Crippen molar-refractivity contribution in [3.63, 3.8) is 0 Å². The van der Waals surface area contributed by atoms with Crippen LogP contribution in [0.2, 0.25) is 0 Å². The van der Waals surface area contributed by atoms with E-state index in [-0.39, 0.29) is 5.56 Å². The molecule has 0 aliphatic heterocycles. The third-order valence-corrected chi connectivity index (χ3v) is 6.04. The summed E-state index contributed by atoms with van der Waals surface area (Å²) in [6.07, 6.45) is 2.52. The lowest BCUT2D eigenvalue weighted by Crippen LogP contribution is -1.99. The second-order valence-corrected chi connectivity index (χ2v) is 7.37. The van der Waals surface area contributed by atoms with Crippen LogP contribution in [0.25, 0.3) is 19.8 Å². The fourth-order valence-corrected chi connectivity index (χ4v) is 4.71. The minimum atomic E-state index is -1.01. The largest absolute Gasteiger partial charge is 0.478 e. The summed E-state index contributed by atoms with van der Waals surface area (Å²) in [5.74, 6) is -0.668. The number of carboxylic acid groups (broad SMARTS) is 1. The van der Waals surface area contributed by atoms with Gasteiger partial charge in [-0.25, -0.2) is 9.78 Å². The monoisotopic (exact) mass is 343 g/mol. The number of nitrogens with zero attached hydrogens (tertiary/aromatic N) is 2. The van der Waals surface area contributed by atoms with E-state index in [1.54, 1.807) is 11.3 Å². The van der Waals surface area contributed by atoms with Gasteiger partial charge in [-0.15, -0.1) is 22.7 Å². The molecule has 0 saturated carbocycles. The van der Waals surface area contributed by atoms with E-state index in [1.165, 1.54) is 22.4 Å². The topological polar surface area (TPSA) is 100 Å². The standard InChI is InChI=1S/C16H13N3O2S2/c1-8-9(3-2-4-17)5-12(22-8)13-6-10-14(23-13)11(16(20)21)7-19-15(10)18/h5-7H,2-3H2,1H3,(H2,18,19)(H,20,21). The van der Waals surface area contributed by atoms with Gasteiger partial charge in [-0.2, -0.15) is 5.26 Å². The number of anilines is 1. The van der Waals surface area contributed by atoms with E-state index in [1.807, 2.05) is 13.0 Å². The number of hydrogen-bond donors (Lipinski definition) is 2. The second kappa shape index (κ2) is 5.99. The average molecular weight is 343 g/mol.